The van der Waals surface area contributed by atoms with Gasteiger partial charge in [-0.2, -0.15) is 4.31 Å². The lowest BCUT2D eigenvalue weighted by Gasteiger charge is -2.32. The number of fused-ring (bicyclic) bond motifs is 1. The van der Waals surface area contributed by atoms with Gasteiger partial charge in [-0.15, -0.1) is 0 Å². The van der Waals surface area contributed by atoms with Gasteiger partial charge in [-0.3, -0.25) is 9.59 Å². The summed E-state index contributed by atoms with van der Waals surface area (Å²) in [7, 11) is -3.70. The lowest BCUT2D eigenvalue weighted by atomic mass is 9.97. The number of carbonyl (C=O) groups is 2. The van der Waals surface area contributed by atoms with Gasteiger partial charge < -0.3 is 16.4 Å². The SMILES string of the molecule is NCCCNC(=O)C(Cc1ccc2ccccc2c1)NC(=O)C1CCCN(S(=O)(=O)c2ccccc2)C1. The van der Waals surface area contributed by atoms with Crippen LogP contribution in [-0.2, 0) is 26.0 Å². The molecule has 0 spiro atoms. The van der Waals surface area contributed by atoms with Gasteiger partial charge in [-0.25, -0.2) is 8.42 Å². The quantitative estimate of drug-likeness (QED) is 0.353. The summed E-state index contributed by atoms with van der Waals surface area (Å²) in [5.41, 5.74) is 6.49. The van der Waals surface area contributed by atoms with Crippen LogP contribution in [0.1, 0.15) is 24.8 Å². The molecule has 0 saturated carbocycles. The zero-order chi connectivity index (χ0) is 26.3. The van der Waals surface area contributed by atoms with Crippen LogP contribution < -0.4 is 16.4 Å². The van der Waals surface area contributed by atoms with Crippen LogP contribution in [0, 0.1) is 5.92 Å². The fourth-order valence-electron chi connectivity index (χ4n) is 4.65. The molecule has 0 bridgehead atoms. The average molecular weight is 523 g/mol. The molecule has 0 aromatic heterocycles. The van der Waals surface area contributed by atoms with E-state index in [1.54, 1.807) is 30.3 Å². The predicted molar refractivity (Wildman–Crippen MR) is 144 cm³/mol. The lowest BCUT2D eigenvalue weighted by Crippen LogP contribution is -2.52. The Kier molecular flexibility index (Phi) is 8.91. The maximum atomic E-state index is 13.3. The smallest absolute Gasteiger partial charge is 0.243 e. The van der Waals surface area contributed by atoms with Crippen molar-refractivity contribution in [2.45, 2.75) is 36.6 Å². The number of rotatable bonds is 10. The van der Waals surface area contributed by atoms with Gasteiger partial charge in [0, 0.05) is 26.1 Å². The average Bonchev–Trinajstić information content (AvgIpc) is 2.93. The van der Waals surface area contributed by atoms with Gasteiger partial charge in [-0.05, 0) is 54.3 Å². The maximum Gasteiger partial charge on any atom is 0.243 e. The summed E-state index contributed by atoms with van der Waals surface area (Å²) in [5, 5.41) is 7.94. The largest absolute Gasteiger partial charge is 0.354 e. The first-order valence-electron chi connectivity index (χ1n) is 12.7. The van der Waals surface area contributed by atoms with E-state index in [1.807, 2.05) is 42.5 Å². The lowest BCUT2D eigenvalue weighted by molar-refractivity contribution is -0.131. The molecule has 2 amide bonds. The second-order valence-electron chi connectivity index (χ2n) is 9.40. The summed E-state index contributed by atoms with van der Waals surface area (Å²) < 4.78 is 27.6. The van der Waals surface area contributed by atoms with E-state index < -0.39 is 22.0 Å². The van der Waals surface area contributed by atoms with Crippen LogP contribution in [0.5, 0.6) is 0 Å². The summed E-state index contributed by atoms with van der Waals surface area (Å²) in [6.45, 7) is 1.32. The first kappa shape index (κ1) is 26.8. The van der Waals surface area contributed by atoms with E-state index in [0.717, 1.165) is 16.3 Å². The topological polar surface area (TPSA) is 122 Å². The number of sulfonamides is 1. The highest BCUT2D eigenvalue weighted by molar-refractivity contribution is 7.89. The number of benzene rings is 3. The minimum absolute atomic E-state index is 0.0839. The third-order valence-electron chi connectivity index (χ3n) is 6.70. The minimum Gasteiger partial charge on any atom is -0.354 e. The number of nitrogens with zero attached hydrogens (tertiary/aromatic N) is 1. The zero-order valence-electron chi connectivity index (χ0n) is 20.8. The number of nitrogens with two attached hydrogens (primary N) is 1. The number of nitrogens with one attached hydrogen (secondary N) is 2. The third kappa shape index (κ3) is 6.74. The highest BCUT2D eigenvalue weighted by atomic mass is 32.2. The van der Waals surface area contributed by atoms with Crippen molar-refractivity contribution in [1.29, 1.82) is 0 Å². The van der Waals surface area contributed by atoms with Gasteiger partial charge in [0.2, 0.25) is 21.8 Å². The van der Waals surface area contributed by atoms with Gasteiger partial charge in [-0.1, -0.05) is 60.7 Å². The van der Waals surface area contributed by atoms with Crippen molar-refractivity contribution in [1.82, 2.24) is 14.9 Å². The molecule has 196 valence electrons. The van der Waals surface area contributed by atoms with E-state index in [2.05, 4.69) is 10.6 Å². The van der Waals surface area contributed by atoms with Crippen molar-refractivity contribution in [3.63, 3.8) is 0 Å². The molecule has 2 atom stereocenters. The molecular weight excluding hydrogens is 488 g/mol. The van der Waals surface area contributed by atoms with Crippen molar-refractivity contribution in [3.8, 4) is 0 Å². The molecule has 4 N–H and O–H groups in total. The third-order valence-corrected chi connectivity index (χ3v) is 8.58. The van der Waals surface area contributed by atoms with E-state index in [0.29, 0.717) is 45.3 Å². The van der Waals surface area contributed by atoms with Crippen molar-refractivity contribution in [3.05, 3.63) is 78.4 Å². The molecule has 1 fully saturated rings. The van der Waals surface area contributed by atoms with Gasteiger partial charge in [0.05, 0.1) is 10.8 Å². The van der Waals surface area contributed by atoms with Crippen molar-refractivity contribution < 1.29 is 18.0 Å². The number of hydrogen-bond acceptors (Lipinski definition) is 5. The normalized spacial score (nSPS) is 17.3. The number of hydrogen-bond donors (Lipinski definition) is 3. The highest BCUT2D eigenvalue weighted by Gasteiger charge is 2.34. The Morgan fingerprint density at radius 3 is 2.49 bits per heavy atom. The van der Waals surface area contributed by atoms with Crippen LogP contribution in [0.15, 0.2) is 77.7 Å². The van der Waals surface area contributed by atoms with Crippen molar-refractivity contribution in [2.75, 3.05) is 26.2 Å². The summed E-state index contributed by atoms with van der Waals surface area (Å²) in [6.07, 6.45) is 2.09. The van der Waals surface area contributed by atoms with E-state index >= 15 is 0 Å². The van der Waals surface area contributed by atoms with E-state index in [1.165, 1.54) is 4.31 Å². The molecule has 4 rings (SSSR count). The van der Waals surface area contributed by atoms with Crippen molar-refractivity contribution >= 4 is 32.6 Å². The molecular formula is C28H34N4O4S. The molecule has 0 aliphatic carbocycles. The van der Waals surface area contributed by atoms with Crippen LogP contribution in [0.3, 0.4) is 0 Å². The Hall–Kier alpha value is -3.27. The Balaban J connectivity index is 1.48. The molecule has 2 unspecified atom stereocenters. The van der Waals surface area contributed by atoms with Gasteiger partial charge in [0.15, 0.2) is 0 Å². The van der Waals surface area contributed by atoms with Crippen LogP contribution >= 0.6 is 0 Å². The van der Waals surface area contributed by atoms with Gasteiger partial charge in [0.1, 0.15) is 6.04 Å². The summed E-state index contributed by atoms with van der Waals surface area (Å²) in [4.78, 5) is 26.6. The molecule has 37 heavy (non-hydrogen) atoms. The molecule has 1 saturated heterocycles. The molecule has 3 aromatic rings. The predicted octanol–water partition coefficient (Wildman–Crippen LogP) is 2.43. The fourth-order valence-corrected chi connectivity index (χ4v) is 6.20. The van der Waals surface area contributed by atoms with E-state index in [-0.39, 0.29) is 23.3 Å². The molecule has 1 heterocycles. The summed E-state index contributed by atoms with van der Waals surface area (Å²) in [6, 6.07) is 21.4. The maximum absolute atomic E-state index is 13.3. The molecule has 0 radical (unpaired) electrons. The van der Waals surface area contributed by atoms with E-state index in [9.17, 15) is 18.0 Å². The minimum atomic E-state index is -3.70. The Bertz CT molecular complexity index is 1330. The Labute approximate surface area is 218 Å². The molecule has 1 aliphatic heterocycles. The zero-order valence-corrected chi connectivity index (χ0v) is 21.6. The van der Waals surface area contributed by atoms with Gasteiger partial charge >= 0.3 is 0 Å². The monoisotopic (exact) mass is 522 g/mol. The second kappa shape index (κ2) is 12.3. The number of carbonyl (C=O) groups excluding carboxylic acids is 2. The standard InChI is InChI=1S/C28H34N4O4S/c29-15-7-16-30-28(34)26(19-21-13-14-22-8-4-5-9-23(22)18-21)31-27(33)24-10-6-17-32(20-24)37(35,36)25-11-2-1-3-12-25/h1-5,8-9,11-14,18,24,26H,6-7,10,15-17,19-20,29H2,(H,30,34)(H,31,33). The molecule has 9 heteroatoms. The molecule has 1 aliphatic rings. The van der Waals surface area contributed by atoms with Crippen LogP contribution in [0.4, 0.5) is 0 Å². The van der Waals surface area contributed by atoms with E-state index in [4.69, 9.17) is 5.73 Å². The van der Waals surface area contributed by atoms with Crippen LogP contribution in [0.25, 0.3) is 10.8 Å². The number of amides is 2. The highest BCUT2D eigenvalue weighted by Crippen LogP contribution is 2.24. The second-order valence-corrected chi connectivity index (χ2v) is 11.3. The Morgan fingerprint density at radius 1 is 1.00 bits per heavy atom. The fraction of sp³-hybridized carbons (Fsp3) is 0.357. The summed E-state index contributed by atoms with van der Waals surface area (Å²) in [5.74, 6) is -1.13. The van der Waals surface area contributed by atoms with Gasteiger partial charge in [0.25, 0.3) is 0 Å². The number of piperidine rings is 1. The van der Waals surface area contributed by atoms with Crippen molar-refractivity contribution in [2.24, 2.45) is 11.7 Å². The first-order chi connectivity index (χ1) is 17.9. The molecule has 8 nitrogen and oxygen atoms in total. The molecule has 3 aromatic carbocycles. The first-order valence-corrected chi connectivity index (χ1v) is 14.1. The summed E-state index contributed by atoms with van der Waals surface area (Å²) >= 11 is 0. The Morgan fingerprint density at radius 2 is 1.73 bits per heavy atom. The van der Waals surface area contributed by atoms with Crippen LogP contribution in [0.2, 0.25) is 0 Å². The van der Waals surface area contributed by atoms with Crippen LogP contribution in [-0.4, -0.2) is 56.8 Å².